The number of nitrogens with zero attached hydrogens (tertiary/aromatic N) is 3. The molecule has 0 aliphatic heterocycles. The molecule has 0 unspecified atom stereocenters. The van der Waals surface area contributed by atoms with E-state index in [-0.39, 0.29) is 38.5 Å². The van der Waals surface area contributed by atoms with E-state index in [2.05, 4.69) is 17.3 Å². The van der Waals surface area contributed by atoms with Gasteiger partial charge in [-0.3, -0.25) is 9.36 Å². The summed E-state index contributed by atoms with van der Waals surface area (Å²) >= 11 is 0. The molecule has 0 radical (unpaired) electrons. The van der Waals surface area contributed by atoms with Crippen molar-refractivity contribution >= 4 is 5.82 Å². The summed E-state index contributed by atoms with van der Waals surface area (Å²) in [5.74, 6) is -0.0800. The monoisotopic (exact) mass is 394 g/mol. The number of halogens is 3. The molecule has 0 saturated heterocycles. The van der Waals surface area contributed by atoms with Crippen LogP contribution in [0.3, 0.4) is 0 Å². The van der Waals surface area contributed by atoms with Crippen LogP contribution in [-0.4, -0.2) is 38.8 Å². The number of unbranched alkanes of at least 4 members (excludes halogenated alkanes) is 4. The molecule has 27 heavy (non-hydrogen) atoms. The molecule has 1 aromatic rings. The second-order valence-corrected chi connectivity index (χ2v) is 6.45. The van der Waals surface area contributed by atoms with Gasteiger partial charge < -0.3 is 10.4 Å². The number of nitrogens with one attached hydrogen (secondary N) is 1. The van der Waals surface area contributed by atoms with Crippen LogP contribution in [0.1, 0.15) is 58.3 Å². The standard InChI is InChI=1S/C17H29F3N4O3/c1-2-3-4-5-6-11-23-15(26)14(21-10-8-13-25)22-24(16(23)27)12-7-9-17(18,19)20/h25H,2-13H2,1H3,(H,21,22). The molecule has 0 atom stereocenters. The van der Waals surface area contributed by atoms with Crippen molar-refractivity contribution in [3.05, 3.63) is 20.8 Å². The van der Waals surface area contributed by atoms with Crippen LogP contribution in [0.25, 0.3) is 0 Å². The Morgan fingerprint density at radius 2 is 1.74 bits per heavy atom. The van der Waals surface area contributed by atoms with Crippen LogP contribution in [0.5, 0.6) is 0 Å². The molecule has 0 aromatic carbocycles. The highest BCUT2D eigenvalue weighted by molar-refractivity contribution is 5.29. The Morgan fingerprint density at radius 3 is 2.37 bits per heavy atom. The number of anilines is 1. The first-order chi connectivity index (χ1) is 12.8. The van der Waals surface area contributed by atoms with E-state index < -0.39 is 23.8 Å². The average Bonchev–Trinajstić information content (AvgIpc) is 2.60. The molecule has 156 valence electrons. The fraction of sp³-hybridized carbons (Fsp3) is 0.824. The Kier molecular flexibility index (Phi) is 10.1. The molecule has 7 nitrogen and oxygen atoms in total. The van der Waals surface area contributed by atoms with Crippen LogP contribution in [0.15, 0.2) is 9.59 Å². The summed E-state index contributed by atoms with van der Waals surface area (Å²) in [4.78, 5) is 24.9. The van der Waals surface area contributed by atoms with Crippen molar-refractivity contribution in [1.82, 2.24) is 14.3 Å². The lowest BCUT2D eigenvalue weighted by Crippen LogP contribution is -2.43. The molecule has 0 amide bonds. The summed E-state index contributed by atoms with van der Waals surface area (Å²) in [5, 5.41) is 15.5. The Morgan fingerprint density at radius 1 is 1.04 bits per heavy atom. The maximum absolute atomic E-state index is 12.5. The van der Waals surface area contributed by atoms with Gasteiger partial charge in [0.1, 0.15) is 0 Å². The molecule has 1 heterocycles. The minimum absolute atomic E-state index is 0.0795. The minimum atomic E-state index is -4.31. The number of alkyl halides is 3. The molecule has 10 heteroatoms. The lowest BCUT2D eigenvalue weighted by molar-refractivity contribution is -0.136. The van der Waals surface area contributed by atoms with Crippen molar-refractivity contribution in [1.29, 1.82) is 0 Å². The smallest absolute Gasteiger partial charge is 0.389 e. The maximum atomic E-state index is 12.5. The van der Waals surface area contributed by atoms with Crippen LogP contribution in [0.4, 0.5) is 19.0 Å². The fourth-order valence-corrected chi connectivity index (χ4v) is 2.60. The van der Waals surface area contributed by atoms with E-state index in [1.165, 1.54) is 0 Å². The van der Waals surface area contributed by atoms with Gasteiger partial charge in [0.05, 0.1) is 0 Å². The van der Waals surface area contributed by atoms with Crippen molar-refractivity contribution in [2.24, 2.45) is 0 Å². The molecule has 0 bridgehead atoms. The molecule has 0 saturated carbocycles. The zero-order valence-corrected chi connectivity index (χ0v) is 15.7. The van der Waals surface area contributed by atoms with Crippen LogP contribution in [-0.2, 0) is 13.1 Å². The lowest BCUT2D eigenvalue weighted by Gasteiger charge is -2.13. The third-order valence-corrected chi connectivity index (χ3v) is 4.06. The number of hydrogen-bond donors (Lipinski definition) is 2. The zero-order chi connectivity index (χ0) is 20.3. The van der Waals surface area contributed by atoms with E-state index in [0.717, 1.165) is 34.9 Å². The predicted octanol–water partition coefficient (Wildman–Crippen LogP) is 2.51. The summed E-state index contributed by atoms with van der Waals surface area (Å²) in [6.07, 6.45) is -0.601. The third kappa shape index (κ3) is 8.59. The zero-order valence-electron chi connectivity index (χ0n) is 15.7. The van der Waals surface area contributed by atoms with E-state index in [4.69, 9.17) is 5.11 Å². The van der Waals surface area contributed by atoms with Crippen molar-refractivity contribution in [2.75, 3.05) is 18.5 Å². The highest BCUT2D eigenvalue weighted by Gasteiger charge is 2.26. The molecular weight excluding hydrogens is 365 g/mol. The van der Waals surface area contributed by atoms with Gasteiger partial charge in [0.25, 0.3) is 5.56 Å². The van der Waals surface area contributed by atoms with Crippen molar-refractivity contribution in [3.63, 3.8) is 0 Å². The first kappa shape index (κ1) is 23.2. The summed E-state index contributed by atoms with van der Waals surface area (Å²) in [5.41, 5.74) is -1.27. The van der Waals surface area contributed by atoms with E-state index in [1.807, 2.05) is 0 Å². The normalized spacial score (nSPS) is 11.7. The predicted molar refractivity (Wildman–Crippen MR) is 97.0 cm³/mol. The van der Waals surface area contributed by atoms with Gasteiger partial charge in [-0.15, -0.1) is 5.10 Å². The Labute approximate surface area is 156 Å². The fourth-order valence-electron chi connectivity index (χ4n) is 2.60. The molecule has 0 fully saturated rings. The lowest BCUT2D eigenvalue weighted by atomic mass is 10.1. The average molecular weight is 394 g/mol. The van der Waals surface area contributed by atoms with Gasteiger partial charge in [-0.25, -0.2) is 9.48 Å². The molecule has 1 rings (SSSR count). The van der Waals surface area contributed by atoms with Gasteiger partial charge in [0.15, 0.2) is 0 Å². The van der Waals surface area contributed by atoms with Crippen LogP contribution in [0, 0.1) is 0 Å². The second kappa shape index (κ2) is 11.8. The summed E-state index contributed by atoms with van der Waals surface area (Å²) in [7, 11) is 0. The van der Waals surface area contributed by atoms with E-state index in [9.17, 15) is 22.8 Å². The highest BCUT2D eigenvalue weighted by Crippen LogP contribution is 2.21. The summed E-state index contributed by atoms with van der Waals surface area (Å²) in [6.45, 7) is 2.26. The van der Waals surface area contributed by atoms with Crippen molar-refractivity contribution in [2.45, 2.75) is 77.6 Å². The molecule has 1 aromatic heterocycles. The third-order valence-electron chi connectivity index (χ3n) is 4.06. The Bertz CT molecular complexity index is 671. The van der Waals surface area contributed by atoms with E-state index in [1.54, 1.807) is 0 Å². The van der Waals surface area contributed by atoms with E-state index in [0.29, 0.717) is 12.8 Å². The first-order valence-corrected chi connectivity index (χ1v) is 9.43. The molecule has 0 spiro atoms. The molecular formula is C17H29F3N4O3. The van der Waals surface area contributed by atoms with Crippen LogP contribution in [0.2, 0.25) is 0 Å². The van der Waals surface area contributed by atoms with Gasteiger partial charge >= 0.3 is 11.9 Å². The minimum Gasteiger partial charge on any atom is -0.396 e. The van der Waals surface area contributed by atoms with E-state index >= 15 is 0 Å². The van der Waals surface area contributed by atoms with Gasteiger partial charge in [-0.2, -0.15) is 13.2 Å². The number of aliphatic hydroxyl groups excluding tert-OH is 1. The van der Waals surface area contributed by atoms with Gasteiger partial charge in [0.2, 0.25) is 5.82 Å². The number of rotatable bonds is 13. The number of aliphatic hydroxyl groups is 1. The second-order valence-electron chi connectivity index (χ2n) is 6.45. The van der Waals surface area contributed by atoms with Gasteiger partial charge in [-0.1, -0.05) is 32.6 Å². The topological polar surface area (TPSA) is 89.2 Å². The molecule has 2 N–H and O–H groups in total. The Balaban J connectivity index is 2.95. The maximum Gasteiger partial charge on any atom is 0.389 e. The summed E-state index contributed by atoms with van der Waals surface area (Å²) in [6, 6.07) is 0. The molecule has 0 aliphatic rings. The van der Waals surface area contributed by atoms with Gasteiger partial charge in [-0.05, 0) is 19.3 Å². The largest absolute Gasteiger partial charge is 0.396 e. The highest BCUT2D eigenvalue weighted by atomic mass is 19.4. The quantitative estimate of drug-likeness (QED) is 0.502. The SMILES string of the molecule is CCCCCCCn1c(=O)c(NCCCO)nn(CCCC(F)(F)F)c1=O. The number of hydrogen-bond acceptors (Lipinski definition) is 5. The van der Waals surface area contributed by atoms with Gasteiger partial charge in [0, 0.05) is 32.7 Å². The Hall–Kier alpha value is -1.84. The van der Waals surface area contributed by atoms with Crippen LogP contribution >= 0.6 is 0 Å². The summed E-state index contributed by atoms with van der Waals surface area (Å²) < 4.78 is 39.0. The van der Waals surface area contributed by atoms with Crippen molar-refractivity contribution in [3.8, 4) is 0 Å². The molecule has 0 aliphatic carbocycles. The van der Waals surface area contributed by atoms with Crippen LogP contribution < -0.4 is 16.6 Å². The number of aromatic nitrogens is 3. The first-order valence-electron chi connectivity index (χ1n) is 9.43. The van der Waals surface area contributed by atoms with Crippen molar-refractivity contribution < 1.29 is 18.3 Å². The number of aryl methyl sites for hydroxylation is 1.